The first-order valence-corrected chi connectivity index (χ1v) is 14.6. The van der Waals surface area contributed by atoms with Crippen LogP contribution in [0.4, 0.5) is 23.1 Å². The van der Waals surface area contributed by atoms with Crippen LogP contribution in [-0.2, 0) is 16.0 Å². The number of benzene rings is 1. The third-order valence-electron chi connectivity index (χ3n) is 8.52. The number of nitrogens with one attached hydrogen (secondary N) is 3. The second-order valence-corrected chi connectivity index (χ2v) is 11.0. The number of amides is 2. The van der Waals surface area contributed by atoms with E-state index in [2.05, 4.69) is 32.8 Å². The van der Waals surface area contributed by atoms with Crippen LogP contribution in [0.5, 0.6) is 5.75 Å². The van der Waals surface area contributed by atoms with Gasteiger partial charge in [-0.2, -0.15) is 4.98 Å². The molecular weight excluding hydrogens is 510 g/mol. The molecule has 1 aliphatic carbocycles. The van der Waals surface area contributed by atoms with E-state index in [1.807, 2.05) is 12.1 Å². The molecule has 3 N–H and O–H groups in total. The van der Waals surface area contributed by atoms with Gasteiger partial charge in [-0.3, -0.25) is 9.59 Å². The molecule has 4 aliphatic rings. The zero-order valence-corrected chi connectivity index (χ0v) is 23.4. The summed E-state index contributed by atoms with van der Waals surface area (Å²) < 4.78 is 11.7. The molecule has 214 valence electrons. The number of rotatable bonds is 8. The van der Waals surface area contributed by atoms with E-state index < -0.39 is 0 Å². The van der Waals surface area contributed by atoms with Crippen LogP contribution in [0, 0.1) is 0 Å². The van der Waals surface area contributed by atoms with E-state index in [9.17, 15) is 9.59 Å². The molecule has 1 saturated heterocycles. The smallest absolute Gasteiger partial charge is 0.251 e. The Labute approximate surface area is 235 Å². The molecule has 1 aromatic carbocycles. The van der Waals surface area contributed by atoms with Gasteiger partial charge in [-0.25, -0.2) is 4.98 Å². The number of hydrogen-bond acceptors (Lipinski definition) is 9. The summed E-state index contributed by atoms with van der Waals surface area (Å²) in [6, 6.07) is 3.77. The van der Waals surface area contributed by atoms with Crippen LogP contribution in [0.2, 0.25) is 0 Å². The predicted molar refractivity (Wildman–Crippen MR) is 153 cm³/mol. The number of anilines is 4. The van der Waals surface area contributed by atoms with E-state index in [1.165, 1.54) is 12.8 Å². The normalized spacial score (nSPS) is 22.6. The average Bonchev–Trinajstić information content (AvgIpc) is 3.69. The van der Waals surface area contributed by atoms with Gasteiger partial charge in [0.1, 0.15) is 17.5 Å². The highest BCUT2D eigenvalue weighted by atomic mass is 16.5. The molecule has 40 heavy (non-hydrogen) atoms. The van der Waals surface area contributed by atoms with Crippen molar-refractivity contribution in [1.82, 2.24) is 20.6 Å². The van der Waals surface area contributed by atoms with Gasteiger partial charge < -0.3 is 35.2 Å². The highest BCUT2D eigenvalue weighted by Gasteiger charge is 2.41. The van der Waals surface area contributed by atoms with Gasteiger partial charge in [0.2, 0.25) is 11.9 Å². The first-order chi connectivity index (χ1) is 19.5. The highest BCUT2D eigenvalue weighted by Crippen LogP contribution is 2.41. The number of aromatic nitrogens is 2. The first-order valence-electron chi connectivity index (χ1n) is 14.6. The quantitative estimate of drug-likeness (QED) is 0.456. The highest BCUT2D eigenvalue weighted by molar-refractivity contribution is 6.04. The molecule has 3 aliphatic heterocycles. The van der Waals surface area contributed by atoms with Gasteiger partial charge in [0.05, 0.1) is 31.2 Å². The Kier molecular flexibility index (Phi) is 7.75. The van der Waals surface area contributed by atoms with Crippen LogP contribution >= 0.6 is 0 Å². The predicted octanol–water partition coefficient (Wildman–Crippen LogP) is 2.77. The summed E-state index contributed by atoms with van der Waals surface area (Å²) >= 11 is 0. The van der Waals surface area contributed by atoms with E-state index in [1.54, 1.807) is 18.1 Å². The summed E-state index contributed by atoms with van der Waals surface area (Å²) in [5.41, 5.74) is 2.98. The van der Waals surface area contributed by atoms with Gasteiger partial charge >= 0.3 is 0 Å². The maximum Gasteiger partial charge on any atom is 0.251 e. The van der Waals surface area contributed by atoms with Crippen molar-refractivity contribution in [3.63, 3.8) is 0 Å². The molecule has 2 aromatic rings. The fourth-order valence-corrected chi connectivity index (χ4v) is 6.42. The van der Waals surface area contributed by atoms with E-state index in [0.717, 1.165) is 61.5 Å². The number of likely N-dealkylation sites (N-methyl/N-ethyl adjacent to an activating group) is 1. The van der Waals surface area contributed by atoms with Crippen LogP contribution in [0.3, 0.4) is 0 Å². The van der Waals surface area contributed by atoms with Crippen LogP contribution in [0.15, 0.2) is 18.3 Å². The number of ether oxygens (including phenoxy) is 2. The zero-order chi connectivity index (χ0) is 27.6. The lowest BCUT2D eigenvalue weighted by Gasteiger charge is -2.43. The molecule has 4 heterocycles. The molecule has 2 fully saturated rings. The summed E-state index contributed by atoms with van der Waals surface area (Å²) in [7, 11) is 1.80. The number of nitrogens with zero attached hydrogens (tertiary/aromatic N) is 4. The maximum atomic E-state index is 13.2. The van der Waals surface area contributed by atoms with E-state index >= 15 is 0 Å². The standard InChI is InChI=1S/C29H39N7O4/c1-3-23-28(38)35(2)24-17-32-29(34-26(24)36(23)18-6-4-5-7-18)33-22-9-8-21(20-11-14-40-25(20)22)27(37)31-12-10-19-16-30-13-15-39-19/h8-9,17-19,23,30H,3-7,10-16H2,1-2H3,(H,31,37)(H,32,33,34). The van der Waals surface area contributed by atoms with E-state index in [4.69, 9.17) is 14.5 Å². The Hall–Kier alpha value is -3.44. The number of fused-ring (bicyclic) bond motifs is 2. The van der Waals surface area contributed by atoms with Gasteiger partial charge in [-0.15, -0.1) is 0 Å². The molecule has 1 aromatic heterocycles. The van der Waals surface area contributed by atoms with Crippen LogP contribution in [0.1, 0.15) is 61.4 Å². The summed E-state index contributed by atoms with van der Waals surface area (Å²) in [4.78, 5) is 39.6. The van der Waals surface area contributed by atoms with Crippen molar-refractivity contribution in [2.24, 2.45) is 0 Å². The molecule has 6 rings (SSSR count). The Morgan fingerprint density at radius 3 is 2.85 bits per heavy atom. The Balaban J connectivity index is 1.22. The second kappa shape index (κ2) is 11.6. The van der Waals surface area contributed by atoms with Crippen LogP contribution in [0.25, 0.3) is 0 Å². The lowest BCUT2D eigenvalue weighted by atomic mass is 10.0. The van der Waals surface area contributed by atoms with Gasteiger partial charge in [0.25, 0.3) is 5.91 Å². The lowest BCUT2D eigenvalue weighted by molar-refractivity contribution is -0.120. The monoisotopic (exact) mass is 549 g/mol. The van der Waals surface area contributed by atoms with E-state index in [0.29, 0.717) is 49.5 Å². The molecule has 1 saturated carbocycles. The van der Waals surface area contributed by atoms with Crippen molar-refractivity contribution in [3.8, 4) is 5.75 Å². The molecule has 2 atom stereocenters. The summed E-state index contributed by atoms with van der Waals surface area (Å²) in [5, 5.41) is 9.70. The topological polar surface area (TPSA) is 121 Å². The minimum absolute atomic E-state index is 0.0919. The van der Waals surface area contributed by atoms with Crippen LogP contribution in [-0.4, -0.2) is 79.9 Å². The number of carbonyl (C=O) groups is 2. The van der Waals surface area contributed by atoms with E-state index in [-0.39, 0.29) is 24.0 Å². The van der Waals surface area contributed by atoms with Gasteiger partial charge in [-0.05, 0) is 37.8 Å². The van der Waals surface area contributed by atoms with Gasteiger partial charge in [-0.1, -0.05) is 19.8 Å². The summed E-state index contributed by atoms with van der Waals surface area (Å²) in [5.74, 6) is 1.89. The van der Waals surface area contributed by atoms with Crippen molar-refractivity contribution >= 4 is 35.0 Å². The minimum atomic E-state index is -0.227. The lowest BCUT2D eigenvalue weighted by Crippen LogP contribution is -2.55. The molecule has 2 unspecified atom stereocenters. The molecule has 0 spiro atoms. The maximum absolute atomic E-state index is 13.2. The van der Waals surface area contributed by atoms with Crippen molar-refractivity contribution in [3.05, 3.63) is 29.5 Å². The summed E-state index contributed by atoms with van der Waals surface area (Å²) in [6.45, 7) is 5.52. The zero-order valence-electron chi connectivity index (χ0n) is 23.4. The third-order valence-corrected chi connectivity index (χ3v) is 8.52. The SMILES string of the molecule is CCC1C(=O)N(C)c2cnc(Nc3ccc(C(=O)NCCC4CNCCO4)c4c3OCC4)nc2N1C1CCCC1. The second-order valence-electron chi connectivity index (χ2n) is 11.0. The average molecular weight is 550 g/mol. The number of hydrogen-bond donors (Lipinski definition) is 3. The largest absolute Gasteiger partial charge is 0.491 e. The number of morpholine rings is 1. The molecule has 0 bridgehead atoms. The Morgan fingerprint density at radius 2 is 2.08 bits per heavy atom. The van der Waals surface area contributed by atoms with Crippen LogP contribution < -0.4 is 30.5 Å². The molecule has 11 heteroatoms. The molecule has 11 nitrogen and oxygen atoms in total. The Bertz CT molecular complexity index is 1260. The molecule has 2 amide bonds. The van der Waals surface area contributed by atoms with Crippen molar-refractivity contribution < 1.29 is 19.1 Å². The van der Waals surface area contributed by atoms with Gasteiger partial charge in [0.15, 0.2) is 5.82 Å². The van der Waals surface area contributed by atoms with Crippen molar-refractivity contribution in [2.45, 2.75) is 70.1 Å². The number of carbonyl (C=O) groups excluding carboxylic acids is 2. The first kappa shape index (κ1) is 26.8. The fourth-order valence-electron chi connectivity index (χ4n) is 6.42. The molecule has 0 radical (unpaired) electrons. The summed E-state index contributed by atoms with van der Waals surface area (Å²) in [6.07, 6.45) is 8.47. The molecular formula is C29H39N7O4. The van der Waals surface area contributed by atoms with Crippen molar-refractivity contribution in [2.75, 3.05) is 55.0 Å². The minimum Gasteiger partial charge on any atom is -0.491 e. The third kappa shape index (κ3) is 5.08. The van der Waals surface area contributed by atoms with Crippen molar-refractivity contribution in [1.29, 1.82) is 0 Å². The fraction of sp³-hybridized carbons (Fsp3) is 0.586. The Morgan fingerprint density at radius 1 is 1.23 bits per heavy atom. The van der Waals surface area contributed by atoms with Gasteiger partial charge in [0, 0.05) is 50.3 Å².